The van der Waals surface area contributed by atoms with Crippen molar-refractivity contribution in [3.8, 4) is 0 Å². The van der Waals surface area contributed by atoms with Crippen molar-refractivity contribution >= 4 is 0 Å². The number of aliphatic hydroxyl groups excluding tert-OH is 1. The SMILES string of the molecule is C=CCCC(C)(O)CO. The molecule has 9 heavy (non-hydrogen) atoms. The first-order chi connectivity index (χ1) is 4.12. The van der Waals surface area contributed by atoms with Gasteiger partial charge in [-0.15, -0.1) is 6.58 Å². The first-order valence-electron chi connectivity index (χ1n) is 3.06. The number of aliphatic hydroxyl groups is 2. The number of rotatable bonds is 4. The van der Waals surface area contributed by atoms with E-state index in [1.54, 1.807) is 13.0 Å². The Morgan fingerprint density at radius 3 is 2.56 bits per heavy atom. The fourth-order valence-electron chi connectivity index (χ4n) is 0.492. The van der Waals surface area contributed by atoms with Crippen LogP contribution >= 0.6 is 0 Å². The van der Waals surface area contributed by atoms with E-state index in [4.69, 9.17) is 10.2 Å². The van der Waals surface area contributed by atoms with Crippen molar-refractivity contribution in [2.24, 2.45) is 0 Å². The Balaban J connectivity index is 3.44. The molecule has 0 fully saturated rings. The lowest BCUT2D eigenvalue weighted by Crippen LogP contribution is -2.28. The maximum Gasteiger partial charge on any atom is 0.0852 e. The van der Waals surface area contributed by atoms with E-state index in [9.17, 15) is 0 Å². The van der Waals surface area contributed by atoms with Crippen LogP contribution in [0.3, 0.4) is 0 Å². The van der Waals surface area contributed by atoms with Crippen LogP contribution in [-0.2, 0) is 0 Å². The highest BCUT2D eigenvalue weighted by Crippen LogP contribution is 2.10. The minimum Gasteiger partial charge on any atom is -0.393 e. The maximum absolute atomic E-state index is 9.16. The van der Waals surface area contributed by atoms with Gasteiger partial charge in [0.15, 0.2) is 0 Å². The summed E-state index contributed by atoms with van der Waals surface area (Å²) < 4.78 is 0. The highest BCUT2D eigenvalue weighted by Gasteiger charge is 2.16. The Labute approximate surface area is 55.8 Å². The minimum absolute atomic E-state index is 0.180. The molecule has 0 aromatic carbocycles. The van der Waals surface area contributed by atoms with E-state index < -0.39 is 5.60 Å². The van der Waals surface area contributed by atoms with Crippen molar-refractivity contribution in [1.82, 2.24) is 0 Å². The van der Waals surface area contributed by atoms with Gasteiger partial charge in [-0.1, -0.05) is 6.08 Å². The standard InChI is InChI=1S/C7H14O2/c1-3-4-5-7(2,9)6-8/h3,8-9H,1,4-6H2,2H3. The van der Waals surface area contributed by atoms with Crippen molar-refractivity contribution in [2.75, 3.05) is 6.61 Å². The summed E-state index contributed by atoms with van der Waals surface area (Å²) in [6, 6.07) is 0. The molecule has 2 heteroatoms. The average Bonchev–Trinajstić information content (AvgIpc) is 1.84. The second-order valence-electron chi connectivity index (χ2n) is 2.48. The van der Waals surface area contributed by atoms with Gasteiger partial charge in [-0.05, 0) is 19.8 Å². The number of hydrogen-bond donors (Lipinski definition) is 2. The zero-order chi connectivity index (χ0) is 7.33. The Bertz CT molecular complexity index is 86.9. The van der Waals surface area contributed by atoms with Crippen molar-refractivity contribution in [3.05, 3.63) is 12.7 Å². The Morgan fingerprint density at radius 1 is 1.67 bits per heavy atom. The molecule has 0 aliphatic carbocycles. The van der Waals surface area contributed by atoms with E-state index in [2.05, 4.69) is 6.58 Å². The molecule has 0 radical (unpaired) electrons. The zero-order valence-electron chi connectivity index (χ0n) is 5.80. The molecule has 2 N–H and O–H groups in total. The molecule has 0 aromatic heterocycles. The molecule has 2 nitrogen and oxygen atoms in total. The van der Waals surface area contributed by atoms with Crippen molar-refractivity contribution in [2.45, 2.75) is 25.4 Å². The van der Waals surface area contributed by atoms with E-state index in [0.717, 1.165) is 6.42 Å². The second-order valence-corrected chi connectivity index (χ2v) is 2.48. The van der Waals surface area contributed by atoms with Gasteiger partial charge in [-0.3, -0.25) is 0 Å². The quantitative estimate of drug-likeness (QED) is 0.550. The van der Waals surface area contributed by atoms with Crippen LogP contribution in [0.5, 0.6) is 0 Å². The number of allylic oxidation sites excluding steroid dienone is 1. The van der Waals surface area contributed by atoms with Gasteiger partial charge in [0, 0.05) is 0 Å². The molecule has 0 heterocycles. The topological polar surface area (TPSA) is 40.5 Å². The van der Waals surface area contributed by atoms with Crippen LogP contribution in [0.1, 0.15) is 19.8 Å². The fourth-order valence-corrected chi connectivity index (χ4v) is 0.492. The van der Waals surface area contributed by atoms with Gasteiger partial charge in [-0.25, -0.2) is 0 Å². The molecule has 0 aliphatic rings. The van der Waals surface area contributed by atoms with Gasteiger partial charge < -0.3 is 10.2 Å². The van der Waals surface area contributed by atoms with Crippen LogP contribution in [0.2, 0.25) is 0 Å². The van der Waals surface area contributed by atoms with Gasteiger partial charge in [-0.2, -0.15) is 0 Å². The average molecular weight is 130 g/mol. The summed E-state index contributed by atoms with van der Waals surface area (Å²) in [7, 11) is 0. The summed E-state index contributed by atoms with van der Waals surface area (Å²) in [5.41, 5.74) is -0.922. The molecule has 0 saturated carbocycles. The third-order valence-corrected chi connectivity index (χ3v) is 1.23. The molecule has 0 amide bonds. The lowest BCUT2D eigenvalue weighted by molar-refractivity contribution is -0.00420. The normalized spacial score (nSPS) is 16.8. The highest BCUT2D eigenvalue weighted by atomic mass is 16.3. The van der Waals surface area contributed by atoms with E-state index in [-0.39, 0.29) is 6.61 Å². The Morgan fingerprint density at radius 2 is 2.22 bits per heavy atom. The van der Waals surface area contributed by atoms with Gasteiger partial charge >= 0.3 is 0 Å². The summed E-state index contributed by atoms with van der Waals surface area (Å²) in [6.07, 6.45) is 3.05. The van der Waals surface area contributed by atoms with Crippen LogP contribution in [0.15, 0.2) is 12.7 Å². The summed E-state index contributed by atoms with van der Waals surface area (Å²) in [6.45, 7) is 4.93. The van der Waals surface area contributed by atoms with E-state index in [1.807, 2.05) is 0 Å². The predicted molar refractivity (Wildman–Crippen MR) is 37.1 cm³/mol. The summed E-state index contributed by atoms with van der Waals surface area (Å²) in [4.78, 5) is 0. The van der Waals surface area contributed by atoms with Crippen LogP contribution < -0.4 is 0 Å². The van der Waals surface area contributed by atoms with Crippen molar-refractivity contribution < 1.29 is 10.2 Å². The van der Waals surface area contributed by atoms with Gasteiger partial charge in [0.05, 0.1) is 12.2 Å². The highest BCUT2D eigenvalue weighted by molar-refractivity contribution is 4.76. The Kier molecular flexibility index (Phi) is 3.50. The van der Waals surface area contributed by atoms with Crippen molar-refractivity contribution in [1.29, 1.82) is 0 Å². The molecule has 0 saturated heterocycles. The van der Waals surface area contributed by atoms with Crippen LogP contribution in [0.25, 0.3) is 0 Å². The van der Waals surface area contributed by atoms with Crippen LogP contribution in [-0.4, -0.2) is 22.4 Å². The molecule has 54 valence electrons. The third-order valence-electron chi connectivity index (χ3n) is 1.23. The minimum atomic E-state index is -0.922. The maximum atomic E-state index is 9.16. The predicted octanol–water partition coefficient (Wildman–Crippen LogP) is 0.696. The van der Waals surface area contributed by atoms with E-state index >= 15 is 0 Å². The number of hydrogen-bond acceptors (Lipinski definition) is 2. The molecular weight excluding hydrogens is 116 g/mol. The molecular formula is C7H14O2. The molecule has 0 bridgehead atoms. The summed E-state index contributed by atoms with van der Waals surface area (Å²) in [5.74, 6) is 0. The van der Waals surface area contributed by atoms with E-state index in [1.165, 1.54) is 0 Å². The van der Waals surface area contributed by atoms with Gasteiger partial charge in [0.1, 0.15) is 0 Å². The summed E-state index contributed by atoms with van der Waals surface area (Å²) in [5, 5.41) is 17.7. The molecule has 1 unspecified atom stereocenters. The molecule has 0 spiro atoms. The monoisotopic (exact) mass is 130 g/mol. The third kappa shape index (κ3) is 4.18. The first-order valence-corrected chi connectivity index (χ1v) is 3.06. The zero-order valence-corrected chi connectivity index (χ0v) is 5.80. The van der Waals surface area contributed by atoms with Crippen LogP contribution in [0.4, 0.5) is 0 Å². The smallest absolute Gasteiger partial charge is 0.0852 e. The van der Waals surface area contributed by atoms with Crippen LogP contribution in [0, 0.1) is 0 Å². The lowest BCUT2D eigenvalue weighted by Gasteiger charge is -2.18. The molecule has 1 atom stereocenters. The Hall–Kier alpha value is -0.340. The molecule has 0 aromatic rings. The second kappa shape index (κ2) is 3.64. The molecule has 0 rings (SSSR count). The lowest BCUT2D eigenvalue weighted by atomic mass is 10.0. The van der Waals surface area contributed by atoms with Gasteiger partial charge in [0.25, 0.3) is 0 Å². The van der Waals surface area contributed by atoms with E-state index in [0.29, 0.717) is 6.42 Å². The van der Waals surface area contributed by atoms with Crippen molar-refractivity contribution in [3.63, 3.8) is 0 Å². The summed E-state index contributed by atoms with van der Waals surface area (Å²) >= 11 is 0. The fraction of sp³-hybridized carbons (Fsp3) is 0.714. The molecule has 0 aliphatic heterocycles. The largest absolute Gasteiger partial charge is 0.393 e. The first kappa shape index (κ1) is 8.66. The van der Waals surface area contributed by atoms with Gasteiger partial charge in [0.2, 0.25) is 0 Å².